The summed E-state index contributed by atoms with van der Waals surface area (Å²) in [4.78, 5) is 12.3. The van der Waals surface area contributed by atoms with Gasteiger partial charge in [-0.25, -0.2) is 18.2 Å². The van der Waals surface area contributed by atoms with E-state index in [9.17, 15) is 18.0 Å². The lowest BCUT2D eigenvalue weighted by Gasteiger charge is -2.25. The van der Waals surface area contributed by atoms with Crippen molar-refractivity contribution in [1.29, 1.82) is 0 Å². The second-order valence-electron chi connectivity index (χ2n) is 7.61. The van der Waals surface area contributed by atoms with Gasteiger partial charge in [-0.1, -0.05) is 18.7 Å². The van der Waals surface area contributed by atoms with Gasteiger partial charge in [-0.2, -0.15) is 5.10 Å². The number of anilines is 1. The number of hydrazone groups is 1. The Morgan fingerprint density at radius 3 is 2.68 bits per heavy atom. The number of hydrogen-bond acceptors (Lipinski definition) is 5. The van der Waals surface area contributed by atoms with Crippen molar-refractivity contribution in [2.45, 2.75) is 32.6 Å². The maximum absolute atomic E-state index is 14.3. The highest BCUT2D eigenvalue weighted by atomic mass is 32.2. The Balaban J connectivity index is 1.99. The van der Waals surface area contributed by atoms with Gasteiger partial charge in [-0.05, 0) is 61.7 Å². The maximum atomic E-state index is 14.3. The summed E-state index contributed by atoms with van der Waals surface area (Å²) in [6, 6.07) is 5.81. The molecule has 0 radical (unpaired) electrons. The van der Waals surface area contributed by atoms with E-state index in [-0.39, 0.29) is 16.5 Å². The minimum absolute atomic E-state index is 0.0436. The summed E-state index contributed by atoms with van der Waals surface area (Å²) in [5, 5.41) is 8.18. The van der Waals surface area contributed by atoms with E-state index in [0.717, 1.165) is 36.4 Å². The lowest BCUT2D eigenvalue weighted by atomic mass is 10.0. The van der Waals surface area contributed by atoms with Gasteiger partial charge in [0.05, 0.1) is 0 Å². The standard InChI is InChI=1S/C22H25F3N4OS/c1-12(6-7-26)11-27-20-13(2)8-16(24)10-18(20)22-29(14(3)30)28-21(31-22)17-9-15(23)4-5-19(17)25/h4-5,8-10,12,22,27H,6-7,11,26H2,1-3H3. The van der Waals surface area contributed by atoms with E-state index in [1.165, 1.54) is 24.1 Å². The fourth-order valence-electron chi connectivity index (χ4n) is 3.41. The second-order valence-corrected chi connectivity index (χ2v) is 8.68. The van der Waals surface area contributed by atoms with Crippen LogP contribution in [0.25, 0.3) is 0 Å². The van der Waals surface area contributed by atoms with Gasteiger partial charge in [0, 0.05) is 30.3 Å². The first-order valence-electron chi connectivity index (χ1n) is 9.95. The van der Waals surface area contributed by atoms with E-state index in [1.54, 1.807) is 6.92 Å². The van der Waals surface area contributed by atoms with Crippen LogP contribution in [0.15, 0.2) is 35.4 Å². The zero-order valence-corrected chi connectivity index (χ0v) is 18.4. The number of halogens is 3. The molecule has 31 heavy (non-hydrogen) atoms. The molecular weight excluding hydrogens is 425 g/mol. The molecule has 166 valence electrons. The molecule has 2 aromatic rings. The van der Waals surface area contributed by atoms with Crippen molar-refractivity contribution < 1.29 is 18.0 Å². The summed E-state index contributed by atoms with van der Waals surface area (Å²) in [5.74, 6) is -1.83. The van der Waals surface area contributed by atoms with Crippen LogP contribution in [0.4, 0.5) is 18.9 Å². The van der Waals surface area contributed by atoms with Crippen molar-refractivity contribution in [1.82, 2.24) is 5.01 Å². The van der Waals surface area contributed by atoms with Crippen LogP contribution < -0.4 is 11.1 Å². The monoisotopic (exact) mass is 450 g/mol. The predicted molar refractivity (Wildman–Crippen MR) is 118 cm³/mol. The van der Waals surface area contributed by atoms with Crippen molar-refractivity contribution in [3.05, 3.63) is 64.5 Å². The van der Waals surface area contributed by atoms with Gasteiger partial charge in [-0.15, -0.1) is 0 Å². The van der Waals surface area contributed by atoms with Crippen LogP contribution >= 0.6 is 11.8 Å². The lowest BCUT2D eigenvalue weighted by Crippen LogP contribution is -2.25. The molecule has 1 aliphatic rings. The Morgan fingerprint density at radius 2 is 2.00 bits per heavy atom. The molecule has 5 nitrogen and oxygen atoms in total. The van der Waals surface area contributed by atoms with Crippen molar-refractivity contribution in [2.75, 3.05) is 18.4 Å². The number of nitrogens with one attached hydrogen (secondary N) is 1. The van der Waals surface area contributed by atoms with E-state index in [1.807, 2.05) is 0 Å². The molecule has 2 aromatic carbocycles. The van der Waals surface area contributed by atoms with Gasteiger partial charge in [-0.3, -0.25) is 4.79 Å². The Hall–Kier alpha value is -2.52. The number of nitrogens with zero attached hydrogens (tertiary/aromatic N) is 2. The topological polar surface area (TPSA) is 70.7 Å². The number of amides is 1. The molecule has 0 spiro atoms. The van der Waals surface area contributed by atoms with Gasteiger partial charge in [0.25, 0.3) is 0 Å². The average Bonchev–Trinajstić information content (AvgIpc) is 3.14. The molecule has 2 unspecified atom stereocenters. The second kappa shape index (κ2) is 9.74. The Morgan fingerprint density at radius 1 is 1.26 bits per heavy atom. The lowest BCUT2D eigenvalue weighted by molar-refractivity contribution is -0.129. The third kappa shape index (κ3) is 5.22. The summed E-state index contributed by atoms with van der Waals surface area (Å²) < 4.78 is 42.4. The number of carbonyl (C=O) groups is 1. The van der Waals surface area contributed by atoms with E-state index >= 15 is 0 Å². The molecule has 3 rings (SSSR count). The number of benzene rings is 2. The molecule has 9 heteroatoms. The van der Waals surface area contributed by atoms with Gasteiger partial charge < -0.3 is 11.1 Å². The molecule has 0 aliphatic carbocycles. The summed E-state index contributed by atoms with van der Waals surface area (Å²) >= 11 is 1.07. The Labute approximate surface area is 183 Å². The van der Waals surface area contributed by atoms with Crippen LogP contribution in [0.2, 0.25) is 0 Å². The van der Waals surface area contributed by atoms with Crippen LogP contribution in [-0.4, -0.2) is 29.0 Å². The quantitative estimate of drug-likeness (QED) is 0.638. The van der Waals surface area contributed by atoms with Gasteiger partial charge in [0.2, 0.25) is 5.91 Å². The fourth-order valence-corrected chi connectivity index (χ4v) is 4.65. The van der Waals surface area contributed by atoms with E-state index in [4.69, 9.17) is 5.73 Å². The van der Waals surface area contributed by atoms with E-state index < -0.39 is 28.7 Å². The van der Waals surface area contributed by atoms with Crippen molar-refractivity contribution in [3.8, 4) is 0 Å². The predicted octanol–water partition coefficient (Wildman–Crippen LogP) is 4.76. The number of thioether (sulfide) groups is 1. The summed E-state index contributed by atoms with van der Waals surface area (Å²) in [6.07, 6.45) is 0.826. The van der Waals surface area contributed by atoms with Crippen molar-refractivity contribution >= 4 is 28.4 Å². The smallest absolute Gasteiger partial charge is 0.240 e. The minimum Gasteiger partial charge on any atom is -0.384 e. The largest absolute Gasteiger partial charge is 0.384 e. The third-order valence-corrected chi connectivity index (χ3v) is 6.21. The average molecular weight is 451 g/mol. The van der Waals surface area contributed by atoms with Crippen molar-refractivity contribution in [3.63, 3.8) is 0 Å². The molecule has 0 aromatic heterocycles. The van der Waals surface area contributed by atoms with E-state index in [2.05, 4.69) is 17.3 Å². The molecule has 3 N–H and O–H groups in total. The molecule has 0 saturated carbocycles. The first-order valence-corrected chi connectivity index (χ1v) is 10.8. The number of aryl methyl sites for hydroxylation is 1. The fraction of sp³-hybridized carbons (Fsp3) is 0.364. The number of hydrogen-bond donors (Lipinski definition) is 2. The number of rotatable bonds is 7. The molecule has 1 aliphatic heterocycles. The molecule has 0 saturated heterocycles. The summed E-state index contributed by atoms with van der Waals surface area (Å²) in [7, 11) is 0. The number of carbonyl (C=O) groups excluding carboxylic acids is 1. The zero-order valence-electron chi connectivity index (χ0n) is 17.6. The highest BCUT2D eigenvalue weighted by Crippen LogP contribution is 2.45. The molecule has 1 amide bonds. The summed E-state index contributed by atoms with van der Waals surface area (Å²) in [6.45, 7) is 6.32. The van der Waals surface area contributed by atoms with E-state index in [0.29, 0.717) is 29.9 Å². The normalized spacial score (nSPS) is 16.9. The molecule has 0 fully saturated rings. The highest BCUT2D eigenvalue weighted by molar-refractivity contribution is 8.14. The highest BCUT2D eigenvalue weighted by Gasteiger charge is 2.35. The van der Waals surface area contributed by atoms with Gasteiger partial charge in [0.1, 0.15) is 27.9 Å². The molecule has 1 heterocycles. The molecular formula is C22H25F3N4OS. The first-order chi connectivity index (χ1) is 14.7. The first kappa shape index (κ1) is 23.1. The van der Waals surface area contributed by atoms with Crippen LogP contribution in [0.5, 0.6) is 0 Å². The van der Waals surface area contributed by atoms with Gasteiger partial charge in [0.15, 0.2) is 0 Å². The van der Waals surface area contributed by atoms with Crippen LogP contribution in [0, 0.1) is 30.3 Å². The molecule has 0 bridgehead atoms. The zero-order chi connectivity index (χ0) is 22.7. The van der Waals surface area contributed by atoms with Crippen LogP contribution in [0.1, 0.15) is 42.3 Å². The Kier molecular flexibility index (Phi) is 7.27. The SMILES string of the molecule is CC(=O)N1N=C(c2cc(F)ccc2F)SC1c1cc(F)cc(C)c1NCC(C)CCN. The number of nitrogens with two attached hydrogens (primary N) is 1. The van der Waals surface area contributed by atoms with Crippen LogP contribution in [0.3, 0.4) is 0 Å². The molecule has 2 atom stereocenters. The van der Waals surface area contributed by atoms with Crippen molar-refractivity contribution in [2.24, 2.45) is 16.8 Å². The third-order valence-electron chi connectivity index (χ3n) is 5.01. The van der Waals surface area contributed by atoms with Crippen LogP contribution in [-0.2, 0) is 4.79 Å². The Bertz CT molecular complexity index is 1010. The van der Waals surface area contributed by atoms with Gasteiger partial charge >= 0.3 is 0 Å². The maximum Gasteiger partial charge on any atom is 0.240 e. The summed E-state index contributed by atoms with van der Waals surface area (Å²) in [5.41, 5.74) is 7.45. The minimum atomic E-state index is -0.725.